The Labute approximate surface area is 162 Å². The van der Waals surface area contributed by atoms with Crippen molar-refractivity contribution in [3.05, 3.63) is 71.9 Å². The summed E-state index contributed by atoms with van der Waals surface area (Å²) in [5, 5.41) is 9.97. The van der Waals surface area contributed by atoms with Gasteiger partial charge in [-0.1, -0.05) is 42.5 Å². The molecule has 1 atom stereocenters. The molecule has 2 heterocycles. The molecule has 7 heteroatoms. The third-order valence-electron chi connectivity index (χ3n) is 4.63. The van der Waals surface area contributed by atoms with Gasteiger partial charge in [-0.15, -0.1) is 0 Å². The highest BCUT2D eigenvalue weighted by atomic mass is 16.5. The van der Waals surface area contributed by atoms with Gasteiger partial charge in [0.2, 0.25) is 0 Å². The summed E-state index contributed by atoms with van der Waals surface area (Å²) in [7, 11) is 0. The van der Waals surface area contributed by atoms with E-state index in [0.717, 1.165) is 11.3 Å². The number of fused-ring (bicyclic) bond motifs is 1. The maximum Gasteiger partial charge on any atom is 0.279 e. The van der Waals surface area contributed by atoms with E-state index in [-0.39, 0.29) is 0 Å². The normalized spacial score (nSPS) is 18.0. The smallest absolute Gasteiger partial charge is 0.279 e. The lowest BCUT2D eigenvalue weighted by Gasteiger charge is -2.33. The number of nitrogens with one attached hydrogen (secondary N) is 2. The fourth-order valence-corrected chi connectivity index (χ4v) is 3.07. The topological polar surface area (TPSA) is 85.3 Å². The molecule has 4 rings (SSSR count). The number of hydrogen-bond acceptors (Lipinski definition) is 4. The summed E-state index contributed by atoms with van der Waals surface area (Å²) >= 11 is 0. The monoisotopic (exact) mass is 376 g/mol. The Kier molecular flexibility index (Phi) is 4.35. The lowest BCUT2D eigenvalue weighted by Crippen LogP contribution is -2.56. The number of rotatable bonds is 4. The van der Waals surface area contributed by atoms with Crippen molar-refractivity contribution in [2.24, 2.45) is 0 Å². The zero-order valence-electron chi connectivity index (χ0n) is 15.6. The molecular weight excluding hydrogens is 356 g/mol. The van der Waals surface area contributed by atoms with E-state index < -0.39 is 17.4 Å². The summed E-state index contributed by atoms with van der Waals surface area (Å²) in [6.45, 7) is 3.80. The first-order valence-electron chi connectivity index (χ1n) is 8.95. The Hall–Kier alpha value is -3.61. The van der Waals surface area contributed by atoms with Crippen molar-refractivity contribution < 1.29 is 14.3 Å². The minimum absolute atomic E-state index is 0.453. The summed E-state index contributed by atoms with van der Waals surface area (Å²) < 4.78 is 7.47. The molecule has 0 spiro atoms. The largest absolute Gasteiger partial charge is 0.466 e. The number of anilines is 2. The molecule has 1 aliphatic heterocycles. The standard InChI is InChI=1S/C21H20N4O3/c1-14-12-18(25(24-14)13-15-8-4-3-5-9-15)23-20(27)21(2)19(26)22-16-10-6-7-11-17(16)28-21/h3-12H,13H2,1-2H3,(H,22,26)(H,23,27). The van der Waals surface area contributed by atoms with E-state index in [1.807, 2.05) is 37.3 Å². The molecule has 3 aromatic rings. The molecule has 2 N–H and O–H groups in total. The van der Waals surface area contributed by atoms with E-state index in [9.17, 15) is 9.59 Å². The Morgan fingerprint density at radius 1 is 1.18 bits per heavy atom. The molecule has 0 bridgehead atoms. The summed E-state index contributed by atoms with van der Waals surface area (Å²) in [4.78, 5) is 25.6. The van der Waals surface area contributed by atoms with E-state index in [1.165, 1.54) is 6.92 Å². The van der Waals surface area contributed by atoms with Crippen molar-refractivity contribution in [2.45, 2.75) is 26.0 Å². The Bertz CT molecular complexity index is 1040. The second kappa shape index (κ2) is 6.84. The number of aromatic nitrogens is 2. The fourth-order valence-electron chi connectivity index (χ4n) is 3.07. The summed E-state index contributed by atoms with van der Waals surface area (Å²) in [6.07, 6.45) is 0. The number of aryl methyl sites for hydroxylation is 1. The summed E-state index contributed by atoms with van der Waals surface area (Å²) in [5.74, 6) is -0.125. The van der Waals surface area contributed by atoms with Crippen molar-refractivity contribution in [3.8, 4) is 5.75 Å². The van der Waals surface area contributed by atoms with Gasteiger partial charge in [-0.25, -0.2) is 4.68 Å². The number of carbonyl (C=O) groups excluding carboxylic acids is 2. The number of para-hydroxylation sites is 2. The first-order chi connectivity index (χ1) is 13.5. The molecule has 0 fully saturated rings. The third-order valence-corrected chi connectivity index (χ3v) is 4.63. The van der Waals surface area contributed by atoms with Gasteiger partial charge in [0.15, 0.2) is 0 Å². The van der Waals surface area contributed by atoms with Crippen LogP contribution in [0.5, 0.6) is 5.75 Å². The average molecular weight is 376 g/mol. The van der Waals surface area contributed by atoms with Crippen LogP contribution >= 0.6 is 0 Å². The highest BCUT2D eigenvalue weighted by Crippen LogP contribution is 2.33. The molecular formula is C21H20N4O3. The van der Waals surface area contributed by atoms with Gasteiger partial charge in [0.25, 0.3) is 17.4 Å². The molecule has 0 saturated carbocycles. The molecule has 1 aliphatic rings. The molecule has 142 valence electrons. The Morgan fingerprint density at radius 2 is 1.89 bits per heavy atom. The lowest BCUT2D eigenvalue weighted by atomic mass is 10.0. The molecule has 1 unspecified atom stereocenters. The fraction of sp³-hybridized carbons (Fsp3) is 0.190. The predicted octanol–water partition coefficient (Wildman–Crippen LogP) is 2.97. The van der Waals surface area contributed by atoms with E-state index in [1.54, 1.807) is 35.0 Å². The van der Waals surface area contributed by atoms with Crippen LogP contribution < -0.4 is 15.4 Å². The van der Waals surface area contributed by atoms with Gasteiger partial charge in [0.05, 0.1) is 17.9 Å². The van der Waals surface area contributed by atoms with E-state index in [2.05, 4.69) is 15.7 Å². The summed E-state index contributed by atoms with van der Waals surface area (Å²) in [5.41, 5.74) is 0.663. The van der Waals surface area contributed by atoms with Gasteiger partial charge in [-0.05, 0) is 31.5 Å². The highest BCUT2D eigenvalue weighted by Gasteiger charge is 2.47. The second-order valence-corrected chi connectivity index (χ2v) is 6.85. The SMILES string of the molecule is Cc1cc(NC(=O)C2(C)Oc3ccccc3NC2=O)n(Cc2ccccc2)n1. The van der Waals surface area contributed by atoms with Gasteiger partial charge in [-0.3, -0.25) is 9.59 Å². The number of nitrogens with zero attached hydrogens (tertiary/aromatic N) is 2. The summed E-state index contributed by atoms with van der Waals surface area (Å²) in [6, 6.07) is 18.6. The number of benzene rings is 2. The van der Waals surface area contributed by atoms with Crippen LogP contribution in [-0.4, -0.2) is 27.2 Å². The van der Waals surface area contributed by atoms with Crippen LogP contribution in [0.3, 0.4) is 0 Å². The first-order valence-corrected chi connectivity index (χ1v) is 8.95. The maximum absolute atomic E-state index is 13.0. The molecule has 0 saturated heterocycles. The second-order valence-electron chi connectivity index (χ2n) is 6.85. The molecule has 2 aromatic carbocycles. The van der Waals surface area contributed by atoms with Crippen LogP contribution in [0.4, 0.5) is 11.5 Å². The quantitative estimate of drug-likeness (QED) is 0.686. The van der Waals surface area contributed by atoms with Crippen molar-refractivity contribution in [1.29, 1.82) is 0 Å². The van der Waals surface area contributed by atoms with Crippen LogP contribution in [0, 0.1) is 6.92 Å². The number of ether oxygens (including phenoxy) is 1. The van der Waals surface area contributed by atoms with Crippen LogP contribution in [0.15, 0.2) is 60.7 Å². The van der Waals surface area contributed by atoms with Gasteiger partial charge >= 0.3 is 0 Å². The van der Waals surface area contributed by atoms with Gasteiger partial charge in [0.1, 0.15) is 11.6 Å². The first kappa shape index (κ1) is 17.8. The van der Waals surface area contributed by atoms with E-state index >= 15 is 0 Å². The maximum atomic E-state index is 13.0. The lowest BCUT2D eigenvalue weighted by molar-refractivity contribution is -0.143. The van der Waals surface area contributed by atoms with Gasteiger partial charge in [-0.2, -0.15) is 5.10 Å². The number of hydrogen-bond donors (Lipinski definition) is 2. The van der Waals surface area contributed by atoms with Crippen molar-refractivity contribution in [1.82, 2.24) is 9.78 Å². The third kappa shape index (κ3) is 3.22. The van der Waals surface area contributed by atoms with E-state index in [0.29, 0.717) is 23.8 Å². The number of carbonyl (C=O) groups is 2. The molecule has 2 amide bonds. The minimum Gasteiger partial charge on any atom is -0.466 e. The van der Waals surface area contributed by atoms with Gasteiger partial charge < -0.3 is 15.4 Å². The molecule has 1 aromatic heterocycles. The van der Waals surface area contributed by atoms with Crippen molar-refractivity contribution in [2.75, 3.05) is 10.6 Å². The Morgan fingerprint density at radius 3 is 2.68 bits per heavy atom. The van der Waals surface area contributed by atoms with Crippen LogP contribution in [0.25, 0.3) is 0 Å². The van der Waals surface area contributed by atoms with Crippen LogP contribution in [0.2, 0.25) is 0 Å². The molecule has 0 radical (unpaired) electrons. The van der Waals surface area contributed by atoms with Crippen molar-refractivity contribution >= 4 is 23.3 Å². The predicted molar refractivity (Wildman–Crippen MR) is 105 cm³/mol. The zero-order chi connectivity index (χ0) is 19.7. The van der Waals surface area contributed by atoms with Crippen LogP contribution in [0.1, 0.15) is 18.2 Å². The molecule has 28 heavy (non-hydrogen) atoms. The van der Waals surface area contributed by atoms with E-state index in [4.69, 9.17) is 4.74 Å². The van der Waals surface area contributed by atoms with Crippen LogP contribution in [-0.2, 0) is 16.1 Å². The highest BCUT2D eigenvalue weighted by molar-refractivity contribution is 6.18. The zero-order valence-corrected chi connectivity index (χ0v) is 15.6. The molecule has 7 nitrogen and oxygen atoms in total. The van der Waals surface area contributed by atoms with Crippen molar-refractivity contribution in [3.63, 3.8) is 0 Å². The molecule has 0 aliphatic carbocycles. The Balaban J connectivity index is 1.58. The minimum atomic E-state index is -1.69. The number of amides is 2. The average Bonchev–Trinajstić information content (AvgIpc) is 3.02. The van der Waals surface area contributed by atoms with Gasteiger partial charge in [0, 0.05) is 6.07 Å².